The van der Waals surface area contributed by atoms with Crippen molar-refractivity contribution in [3.05, 3.63) is 28.8 Å². The van der Waals surface area contributed by atoms with Crippen LogP contribution in [0.2, 0.25) is 5.02 Å². The zero-order valence-electron chi connectivity index (χ0n) is 9.79. The topological polar surface area (TPSA) is 15.3 Å². The van der Waals surface area contributed by atoms with Crippen LogP contribution in [0.25, 0.3) is 0 Å². The number of nitrogens with zero attached hydrogens (tertiary/aromatic N) is 1. The molecule has 0 radical (unpaired) electrons. The summed E-state index contributed by atoms with van der Waals surface area (Å²) in [4.78, 5) is 3.99. The molecule has 0 bridgehead atoms. The first-order valence-corrected chi connectivity index (χ1v) is 7.54. The van der Waals surface area contributed by atoms with Gasteiger partial charge in [0.1, 0.15) is 0 Å². The van der Waals surface area contributed by atoms with Crippen LogP contribution in [0.15, 0.2) is 23.1 Å². The van der Waals surface area contributed by atoms with Crippen LogP contribution in [0.3, 0.4) is 0 Å². The van der Waals surface area contributed by atoms with Gasteiger partial charge in [-0.3, -0.25) is 0 Å². The van der Waals surface area contributed by atoms with Crippen LogP contribution in [-0.4, -0.2) is 43.4 Å². The number of fused-ring (bicyclic) bond motifs is 1. The van der Waals surface area contributed by atoms with Gasteiger partial charge in [-0.15, -0.1) is 11.8 Å². The smallest absolute Gasteiger partial charge is 0.0409 e. The van der Waals surface area contributed by atoms with Crippen molar-refractivity contribution in [1.82, 2.24) is 10.2 Å². The van der Waals surface area contributed by atoms with Gasteiger partial charge in [0.15, 0.2) is 0 Å². The summed E-state index contributed by atoms with van der Waals surface area (Å²) >= 11 is 8.07. The molecule has 1 N–H and O–H groups in total. The number of piperazine rings is 1. The van der Waals surface area contributed by atoms with Crippen LogP contribution < -0.4 is 5.32 Å². The third-order valence-electron chi connectivity index (χ3n) is 3.54. The lowest BCUT2D eigenvalue weighted by molar-refractivity contribution is 0.232. The second-order valence-electron chi connectivity index (χ2n) is 4.74. The van der Waals surface area contributed by atoms with E-state index in [1.165, 1.54) is 35.8 Å². The molecule has 2 heterocycles. The number of thioether (sulfide) groups is 1. The Labute approximate surface area is 112 Å². The summed E-state index contributed by atoms with van der Waals surface area (Å²) in [5.41, 5.74) is 1.46. The van der Waals surface area contributed by atoms with Gasteiger partial charge in [0, 0.05) is 54.3 Å². The fourth-order valence-corrected chi connectivity index (χ4v) is 4.01. The van der Waals surface area contributed by atoms with E-state index in [1.54, 1.807) is 0 Å². The molecular weight excluding hydrogens is 252 g/mol. The molecule has 2 aliphatic heterocycles. The van der Waals surface area contributed by atoms with E-state index in [9.17, 15) is 0 Å². The van der Waals surface area contributed by atoms with Crippen molar-refractivity contribution >= 4 is 23.4 Å². The van der Waals surface area contributed by atoms with Crippen molar-refractivity contribution in [2.45, 2.75) is 10.8 Å². The molecule has 4 heteroatoms. The highest BCUT2D eigenvalue weighted by atomic mass is 35.5. The van der Waals surface area contributed by atoms with Crippen LogP contribution in [0.4, 0.5) is 0 Å². The largest absolute Gasteiger partial charge is 0.314 e. The first kappa shape index (κ1) is 11.8. The Bertz CT molecular complexity index is 404. The van der Waals surface area contributed by atoms with E-state index in [1.807, 2.05) is 17.8 Å². The monoisotopic (exact) mass is 268 g/mol. The zero-order valence-corrected chi connectivity index (χ0v) is 11.4. The average molecular weight is 269 g/mol. The molecule has 92 valence electrons. The summed E-state index contributed by atoms with van der Waals surface area (Å²) in [6, 6.07) is 6.32. The Kier molecular flexibility index (Phi) is 3.61. The quantitative estimate of drug-likeness (QED) is 0.887. The predicted molar refractivity (Wildman–Crippen MR) is 74.2 cm³/mol. The third-order valence-corrected chi connectivity index (χ3v) is 5.03. The molecule has 0 aromatic heterocycles. The van der Waals surface area contributed by atoms with Gasteiger partial charge in [0.2, 0.25) is 0 Å². The Morgan fingerprint density at radius 1 is 1.35 bits per heavy atom. The van der Waals surface area contributed by atoms with Crippen molar-refractivity contribution < 1.29 is 0 Å². The predicted octanol–water partition coefficient (Wildman–Crippen LogP) is 2.43. The van der Waals surface area contributed by atoms with Gasteiger partial charge in [-0.2, -0.15) is 0 Å². The van der Waals surface area contributed by atoms with Gasteiger partial charge in [-0.1, -0.05) is 11.6 Å². The molecule has 1 saturated heterocycles. The fraction of sp³-hybridized carbons (Fsp3) is 0.538. The molecule has 1 aromatic carbocycles. The van der Waals surface area contributed by atoms with Crippen molar-refractivity contribution in [2.75, 3.05) is 38.5 Å². The SMILES string of the molecule is Clc1ccc2c(c1)C(CN1CCNCC1)CS2. The second-order valence-corrected chi connectivity index (χ2v) is 6.24. The maximum absolute atomic E-state index is 6.10. The lowest BCUT2D eigenvalue weighted by Crippen LogP contribution is -2.45. The first-order valence-electron chi connectivity index (χ1n) is 6.18. The molecule has 0 amide bonds. The van der Waals surface area contributed by atoms with Crippen LogP contribution in [0.5, 0.6) is 0 Å². The van der Waals surface area contributed by atoms with Gasteiger partial charge >= 0.3 is 0 Å². The lowest BCUT2D eigenvalue weighted by Gasteiger charge is -2.29. The summed E-state index contributed by atoms with van der Waals surface area (Å²) in [5.74, 6) is 1.87. The van der Waals surface area contributed by atoms with Crippen LogP contribution in [-0.2, 0) is 0 Å². The number of nitrogens with one attached hydrogen (secondary N) is 1. The average Bonchev–Trinajstić information content (AvgIpc) is 2.73. The highest BCUT2D eigenvalue weighted by Gasteiger charge is 2.25. The highest BCUT2D eigenvalue weighted by molar-refractivity contribution is 7.99. The summed E-state index contributed by atoms with van der Waals surface area (Å²) in [6.07, 6.45) is 0. The Hall–Kier alpha value is -0.220. The van der Waals surface area contributed by atoms with E-state index >= 15 is 0 Å². The first-order chi connectivity index (χ1) is 8.33. The van der Waals surface area contributed by atoms with Gasteiger partial charge in [-0.05, 0) is 23.8 Å². The van der Waals surface area contributed by atoms with Crippen molar-refractivity contribution in [1.29, 1.82) is 0 Å². The van der Waals surface area contributed by atoms with Gasteiger partial charge in [0.25, 0.3) is 0 Å². The van der Waals surface area contributed by atoms with Crippen molar-refractivity contribution in [3.8, 4) is 0 Å². The fourth-order valence-electron chi connectivity index (χ4n) is 2.61. The van der Waals surface area contributed by atoms with Crippen LogP contribution in [0.1, 0.15) is 11.5 Å². The summed E-state index contributed by atoms with van der Waals surface area (Å²) in [6.45, 7) is 5.79. The zero-order chi connectivity index (χ0) is 11.7. The molecule has 2 nitrogen and oxygen atoms in total. The van der Waals surface area contributed by atoms with E-state index in [0.717, 1.165) is 18.1 Å². The molecule has 1 unspecified atom stereocenters. The van der Waals surface area contributed by atoms with E-state index in [4.69, 9.17) is 11.6 Å². The number of rotatable bonds is 2. The molecule has 17 heavy (non-hydrogen) atoms. The second kappa shape index (κ2) is 5.19. The third kappa shape index (κ3) is 2.63. The Balaban J connectivity index is 1.72. The standard InChI is InChI=1S/C13H17ClN2S/c14-11-1-2-13-12(7-11)10(9-17-13)8-16-5-3-15-4-6-16/h1-2,7,10,15H,3-6,8-9H2. The maximum atomic E-state index is 6.10. The van der Waals surface area contributed by atoms with Crippen molar-refractivity contribution in [3.63, 3.8) is 0 Å². The van der Waals surface area contributed by atoms with E-state index in [-0.39, 0.29) is 0 Å². The molecule has 1 fully saturated rings. The van der Waals surface area contributed by atoms with Gasteiger partial charge < -0.3 is 10.2 Å². The van der Waals surface area contributed by atoms with E-state index in [2.05, 4.69) is 22.3 Å². The number of hydrogen-bond acceptors (Lipinski definition) is 3. The molecule has 0 aliphatic carbocycles. The number of benzene rings is 1. The van der Waals surface area contributed by atoms with Crippen LogP contribution in [0, 0.1) is 0 Å². The summed E-state index contributed by atoms with van der Waals surface area (Å²) < 4.78 is 0. The molecule has 1 atom stereocenters. The molecule has 2 aliphatic rings. The minimum Gasteiger partial charge on any atom is -0.314 e. The molecule has 0 spiro atoms. The number of halogens is 1. The van der Waals surface area contributed by atoms with E-state index < -0.39 is 0 Å². The normalized spacial score (nSPS) is 24.9. The summed E-state index contributed by atoms with van der Waals surface area (Å²) in [5, 5.41) is 4.27. The summed E-state index contributed by atoms with van der Waals surface area (Å²) in [7, 11) is 0. The molecule has 0 saturated carbocycles. The minimum absolute atomic E-state index is 0.659. The molecular formula is C13H17ClN2S. The molecule has 1 aromatic rings. The van der Waals surface area contributed by atoms with Gasteiger partial charge in [0.05, 0.1) is 0 Å². The lowest BCUT2D eigenvalue weighted by atomic mass is 10.0. The van der Waals surface area contributed by atoms with Gasteiger partial charge in [-0.25, -0.2) is 0 Å². The minimum atomic E-state index is 0.659. The van der Waals surface area contributed by atoms with Crippen molar-refractivity contribution in [2.24, 2.45) is 0 Å². The maximum Gasteiger partial charge on any atom is 0.0409 e. The Morgan fingerprint density at radius 3 is 3.00 bits per heavy atom. The Morgan fingerprint density at radius 2 is 2.18 bits per heavy atom. The number of hydrogen-bond donors (Lipinski definition) is 1. The highest BCUT2D eigenvalue weighted by Crippen LogP contribution is 2.41. The van der Waals surface area contributed by atoms with Crippen LogP contribution >= 0.6 is 23.4 Å². The van der Waals surface area contributed by atoms with E-state index in [0.29, 0.717) is 5.92 Å². The molecule has 3 rings (SSSR count).